The first-order valence-electron chi connectivity index (χ1n) is 5.90. The van der Waals surface area contributed by atoms with Gasteiger partial charge in [0.1, 0.15) is 18.7 Å². The lowest BCUT2D eigenvalue weighted by atomic mass is 10.1. The van der Waals surface area contributed by atoms with Crippen molar-refractivity contribution in [2.75, 3.05) is 27.2 Å². The van der Waals surface area contributed by atoms with Gasteiger partial charge in [0.2, 0.25) is 0 Å². The molecule has 2 aromatic rings. The first-order valence-corrected chi connectivity index (χ1v) is 5.90. The standard InChI is InChI=1S/C13H18N4O/c1-10-6-11(13-14-9-15-16-13)8-12(7-10)18-5-4-17(2)3/h6-9H,4-5H2,1-3H3,(H,14,15,16). The molecule has 5 nitrogen and oxygen atoms in total. The summed E-state index contributed by atoms with van der Waals surface area (Å²) in [6, 6.07) is 6.05. The molecule has 0 atom stereocenters. The lowest BCUT2D eigenvalue weighted by Gasteiger charge is -2.12. The van der Waals surface area contributed by atoms with Crippen molar-refractivity contribution in [1.82, 2.24) is 20.1 Å². The van der Waals surface area contributed by atoms with Crippen LogP contribution in [0.3, 0.4) is 0 Å². The Hall–Kier alpha value is -1.88. The molecule has 0 amide bonds. The van der Waals surface area contributed by atoms with Gasteiger partial charge in [0.05, 0.1) is 0 Å². The van der Waals surface area contributed by atoms with Crippen molar-refractivity contribution in [3.63, 3.8) is 0 Å². The third-order valence-electron chi connectivity index (χ3n) is 2.55. The quantitative estimate of drug-likeness (QED) is 0.872. The molecule has 1 aromatic carbocycles. The van der Waals surface area contributed by atoms with Crippen LogP contribution in [0.5, 0.6) is 5.75 Å². The molecule has 0 aliphatic heterocycles. The van der Waals surface area contributed by atoms with Crippen LogP contribution in [0.25, 0.3) is 11.4 Å². The Kier molecular flexibility index (Phi) is 3.94. The highest BCUT2D eigenvalue weighted by molar-refractivity contribution is 5.58. The number of rotatable bonds is 5. The topological polar surface area (TPSA) is 54.0 Å². The minimum Gasteiger partial charge on any atom is -0.492 e. The normalized spacial score (nSPS) is 10.9. The van der Waals surface area contributed by atoms with Gasteiger partial charge in [-0.25, -0.2) is 4.98 Å². The molecular weight excluding hydrogens is 228 g/mol. The van der Waals surface area contributed by atoms with E-state index in [-0.39, 0.29) is 0 Å². The van der Waals surface area contributed by atoms with E-state index in [0.717, 1.165) is 29.2 Å². The van der Waals surface area contributed by atoms with E-state index in [4.69, 9.17) is 4.74 Å². The predicted molar refractivity (Wildman–Crippen MR) is 70.6 cm³/mol. The SMILES string of the molecule is Cc1cc(OCCN(C)C)cc(-c2ncn[nH]2)c1. The Morgan fingerprint density at radius 2 is 2.11 bits per heavy atom. The summed E-state index contributed by atoms with van der Waals surface area (Å²) >= 11 is 0. The number of aromatic amines is 1. The molecule has 1 aromatic heterocycles. The van der Waals surface area contributed by atoms with Crippen LogP contribution >= 0.6 is 0 Å². The molecule has 2 rings (SSSR count). The molecule has 0 spiro atoms. The molecule has 0 saturated heterocycles. The molecule has 1 heterocycles. The summed E-state index contributed by atoms with van der Waals surface area (Å²) in [5.41, 5.74) is 2.14. The Morgan fingerprint density at radius 3 is 2.78 bits per heavy atom. The second-order valence-corrected chi connectivity index (χ2v) is 4.52. The molecule has 18 heavy (non-hydrogen) atoms. The number of ether oxygens (including phenoxy) is 1. The van der Waals surface area contributed by atoms with Gasteiger partial charge in [0.15, 0.2) is 5.82 Å². The van der Waals surface area contributed by atoms with Crippen LogP contribution in [0.15, 0.2) is 24.5 Å². The van der Waals surface area contributed by atoms with Gasteiger partial charge in [-0.05, 0) is 44.8 Å². The molecule has 96 valence electrons. The number of nitrogens with one attached hydrogen (secondary N) is 1. The van der Waals surface area contributed by atoms with Crippen LogP contribution in [0.4, 0.5) is 0 Å². The highest BCUT2D eigenvalue weighted by Crippen LogP contribution is 2.23. The van der Waals surface area contributed by atoms with Gasteiger partial charge in [0, 0.05) is 12.1 Å². The summed E-state index contributed by atoms with van der Waals surface area (Å²) in [4.78, 5) is 6.24. The summed E-state index contributed by atoms with van der Waals surface area (Å²) in [5, 5.41) is 6.72. The number of H-pyrrole nitrogens is 1. The molecule has 0 unspecified atom stereocenters. The molecule has 5 heteroatoms. The van der Waals surface area contributed by atoms with Gasteiger partial charge in [-0.1, -0.05) is 0 Å². The van der Waals surface area contributed by atoms with Crippen molar-refractivity contribution in [2.24, 2.45) is 0 Å². The van der Waals surface area contributed by atoms with Gasteiger partial charge in [-0.3, -0.25) is 5.10 Å². The fourth-order valence-corrected chi connectivity index (χ4v) is 1.66. The maximum absolute atomic E-state index is 5.73. The number of aromatic nitrogens is 3. The molecule has 1 N–H and O–H groups in total. The van der Waals surface area contributed by atoms with Gasteiger partial charge in [-0.15, -0.1) is 0 Å². The fourth-order valence-electron chi connectivity index (χ4n) is 1.66. The van der Waals surface area contributed by atoms with E-state index in [2.05, 4.69) is 26.1 Å². The van der Waals surface area contributed by atoms with Crippen LogP contribution in [0.1, 0.15) is 5.56 Å². The predicted octanol–water partition coefficient (Wildman–Crippen LogP) is 1.72. The van der Waals surface area contributed by atoms with Crippen molar-refractivity contribution in [2.45, 2.75) is 6.92 Å². The van der Waals surface area contributed by atoms with Crippen molar-refractivity contribution >= 4 is 0 Å². The van der Waals surface area contributed by atoms with Crippen LogP contribution < -0.4 is 4.74 Å². The first kappa shape index (κ1) is 12.6. The van der Waals surface area contributed by atoms with Crippen molar-refractivity contribution in [1.29, 1.82) is 0 Å². The second kappa shape index (κ2) is 5.64. The highest BCUT2D eigenvalue weighted by atomic mass is 16.5. The molecular formula is C13H18N4O. The van der Waals surface area contributed by atoms with Crippen LogP contribution in [0, 0.1) is 6.92 Å². The Bertz CT molecular complexity index is 494. The summed E-state index contributed by atoms with van der Waals surface area (Å²) in [6.45, 7) is 3.61. The minimum atomic E-state index is 0.673. The summed E-state index contributed by atoms with van der Waals surface area (Å²) in [7, 11) is 4.05. The van der Waals surface area contributed by atoms with E-state index in [0.29, 0.717) is 6.61 Å². The monoisotopic (exact) mass is 246 g/mol. The fraction of sp³-hybridized carbons (Fsp3) is 0.385. The second-order valence-electron chi connectivity index (χ2n) is 4.52. The van der Waals surface area contributed by atoms with E-state index in [1.54, 1.807) is 0 Å². The average Bonchev–Trinajstić information content (AvgIpc) is 2.81. The van der Waals surface area contributed by atoms with Crippen LogP contribution in [-0.4, -0.2) is 47.3 Å². The maximum atomic E-state index is 5.73. The Balaban J connectivity index is 2.12. The number of nitrogens with zero attached hydrogens (tertiary/aromatic N) is 3. The Morgan fingerprint density at radius 1 is 1.28 bits per heavy atom. The van der Waals surface area contributed by atoms with E-state index < -0.39 is 0 Å². The van der Waals surface area contributed by atoms with Crippen LogP contribution in [-0.2, 0) is 0 Å². The molecule has 0 saturated carbocycles. The Labute approximate surface area is 107 Å². The summed E-state index contributed by atoms with van der Waals surface area (Å²) in [6.07, 6.45) is 1.50. The maximum Gasteiger partial charge on any atom is 0.155 e. The molecule has 0 fully saturated rings. The summed E-state index contributed by atoms with van der Waals surface area (Å²) < 4.78 is 5.73. The number of hydrogen-bond acceptors (Lipinski definition) is 4. The zero-order chi connectivity index (χ0) is 13.0. The van der Waals surface area contributed by atoms with E-state index in [1.165, 1.54) is 6.33 Å². The zero-order valence-electron chi connectivity index (χ0n) is 11.0. The van der Waals surface area contributed by atoms with E-state index >= 15 is 0 Å². The van der Waals surface area contributed by atoms with Gasteiger partial charge >= 0.3 is 0 Å². The van der Waals surface area contributed by atoms with E-state index in [9.17, 15) is 0 Å². The van der Waals surface area contributed by atoms with Crippen molar-refractivity contribution < 1.29 is 4.74 Å². The number of aryl methyl sites for hydroxylation is 1. The average molecular weight is 246 g/mol. The molecule has 0 aliphatic carbocycles. The largest absolute Gasteiger partial charge is 0.492 e. The van der Waals surface area contributed by atoms with E-state index in [1.807, 2.05) is 33.2 Å². The lowest BCUT2D eigenvalue weighted by molar-refractivity contribution is 0.261. The molecule has 0 aliphatic rings. The van der Waals surface area contributed by atoms with Crippen LogP contribution in [0.2, 0.25) is 0 Å². The van der Waals surface area contributed by atoms with Gasteiger partial charge in [-0.2, -0.15) is 5.10 Å². The summed E-state index contributed by atoms with van der Waals surface area (Å²) in [5.74, 6) is 1.62. The third-order valence-corrected chi connectivity index (χ3v) is 2.55. The molecule has 0 bridgehead atoms. The number of benzene rings is 1. The number of likely N-dealkylation sites (N-methyl/N-ethyl adjacent to an activating group) is 1. The van der Waals surface area contributed by atoms with Crippen molar-refractivity contribution in [3.05, 3.63) is 30.1 Å². The lowest BCUT2D eigenvalue weighted by Crippen LogP contribution is -2.19. The highest BCUT2D eigenvalue weighted by Gasteiger charge is 2.04. The van der Waals surface area contributed by atoms with Gasteiger partial charge in [0.25, 0.3) is 0 Å². The third kappa shape index (κ3) is 3.30. The smallest absolute Gasteiger partial charge is 0.155 e. The minimum absolute atomic E-state index is 0.673. The molecule has 0 radical (unpaired) electrons. The van der Waals surface area contributed by atoms with Gasteiger partial charge < -0.3 is 9.64 Å². The van der Waals surface area contributed by atoms with Crippen molar-refractivity contribution in [3.8, 4) is 17.1 Å². The first-order chi connectivity index (χ1) is 8.65. The zero-order valence-corrected chi connectivity index (χ0v) is 11.0. The number of hydrogen-bond donors (Lipinski definition) is 1.